The van der Waals surface area contributed by atoms with Gasteiger partial charge in [-0.2, -0.15) is 5.10 Å². The molecule has 0 radical (unpaired) electrons. The molecule has 3 aromatic carbocycles. The van der Waals surface area contributed by atoms with E-state index in [9.17, 15) is 4.79 Å². The van der Waals surface area contributed by atoms with Gasteiger partial charge in [0, 0.05) is 18.7 Å². The maximum atomic E-state index is 12.2. The second-order valence-electron chi connectivity index (χ2n) is 8.54. The van der Waals surface area contributed by atoms with Gasteiger partial charge in [-0.05, 0) is 47.4 Å². The number of carbonyl (C=O) groups excluding carboxylic acids is 1. The quantitative estimate of drug-likeness (QED) is 0.248. The van der Waals surface area contributed by atoms with Crippen LogP contribution in [0.4, 0.5) is 0 Å². The first-order valence-corrected chi connectivity index (χ1v) is 12.3. The van der Waals surface area contributed by atoms with E-state index in [0.29, 0.717) is 50.9 Å². The zero-order valence-corrected chi connectivity index (χ0v) is 20.7. The van der Waals surface area contributed by atoms with Crippen molar-refractivity contribution in [3.63, 3.8) is 0 Å². The van der Waals surface area contributed by atoms with E-state index in [2.05, 4.69) is 41.4 Å². The number of nitrogens with one attached hydrogen (secondary N) is 1. The van der Waals surface area contributed by atoms with Gasteiger partial charge in [0.1, 0.15) is 6.61 Å². The molecule has 1 aliphatic heterocycles. The maximum Gasteiger partial charge on any atom is 0.254 e. The van der Waals surface area contributed by atoms with Crippen molar-refractivity contribution in [3.8, 4) is 11.5 Å². The van der Waals surface area contributed by atoms with Gasteiger partial charge < -0.3 is 14.2 Å². The minimum Gasteiger partial charge on any atom is -0.490 e. The SMILES string of the molecule is C=CCc1cc(/C=N/NC(=O)CN2CCOCC2)cc(OCC)c1OCc1cccc2ccccc12. The van der Waals surface area contributed by atoms with E-state index in [1.807, 2.05) is 48.2 Å². The summed E-state index contributed by atoms with van der Waals surface area (Å²) in [4.78, 5) is 14.3. The van der Waals surface area contributed by atoms with Gasteiger partial charge in [0.15, 0.2) is 11.5 Å². The Labute approximate surface area is 212 Å². The molecule has 0 saturated carbocycles. The highest BCUT2D eigenvalue weighted by Crippen LogP contribution is 2.35. The standard InChI is InChI=1S/C29H33N3O4/c1-3-8-24-17-22(19-30-31-28(33)20-32-13-15-34-16-14-32)18-27(35-4-2)29(24)36-21-25-11-7-10-23-9-5-6-12-26(23)25/h3,5-7,9-12,17-19H,1,4,8,13-16,20-21H2,2H3,(H,31,33)/b30-19+. The summed E-state index contributed by atoms with van der Waals surface area (Å²) >= 11 is 0. The number of hydrogen-bond donors (Lipinski definition) is 1. The van der Waals surface area contributed by atoms with Crippen LogP contribution in [0.15, 0.2) is 72.4 Å². The molecule has 0 aliphatic carbocycles. The molecule has 7 heteroatoms. The van der Waals surface area contributed by atoms with Crippen LogP contribution in [0.25, 0.3) is 10.8 Å². The number of nitrogens with zero attached hydrogens (tertiary/aromatic N) is 2. The Hall–Kier alpha value is -3.68. The molecule has 188 valence electrons. The van der Waals surface area contributed by atoms with E-state index in [1.54, 1.807) is 6.21 Å². The lowest BCUT2D eigenvalue weighted by atomic mass is 10.0. The van der Waals surface area contributed by atoms with Gasteiger partial charge in [-0.15, -0.1) is 6.58 Å². The Morgan fingerprint density at radius 2 is 1.92 bits per heavy atom. The van der Waals surface area contributed by atoms with Gasteiger partial charge in [-0.1, -0.05) is 48.5 Å². The number of hydrogen-bond acceptors (Lipinski definition) is 6. The van der Waals surface area contributed by atoms with E-state index in [0.717, 1.165) is 29.8 Å². The number of benzene rings is 3. The first kappa shape index (κ1) is 25.4. The lowest BCUT2D eigenvalue weighted by Crippen LogP contribution is -2.42. The average Bonchev–Trinajstić information content (AvgIpc) is 2.89. The van der Waals surface area contributed by atoms with E-state index in [1.165, 1.54) is 10.8 Å². The fourth-order valence-corrected chi connectivity index (χ4v) is 4.24. The molecule has 1 saturated heterocycles. The molecule has 36 heavy (non-hydrogen) atoms. The molecule has 0 spiro atoms. The van der Waals surface area contributed by atoms with Crippen molar-refractivity contribution in [1.29, 1.82) is 0 Å². The first-order valence-electron chi connectivity index (χ1n) is 12.3. The minimum absolute atomic E-state index is 0.153. The summed E-state index contributed by atoms with van der Waals surface area (Å²) in [7, 11) is 0. The number of ether oxygens (including phenoxy) is 3. The van der Waals surface area contributed by atoms with Crippen molar-refractivity contribution < 1.29 is 19.0 Å². The molecule has 1 aliphatic rings. The van der Waals surface area contributed by atoms with Crippen LogP contribution in [0.3, 0.4) is 0 Å². The molecule has 0 unspecified atom stereocenters. The summed E-state index contributed by atoms with van der Waals surface area (Å²) in [6, 6.07) is 18.4. The molecule has 1 heterocycles. The zero-order chi connectivity index (χ0) is 25.2. The third kappa shape index (κ3) is 6.71. The number of rotatable bonds is 11. The average molecular weight is 488 g/mol. The van der Waals surface area contributed by atoms with Crippen LogP contribution in [0, 0.1) is 0 Å². The number of allylic oxidation sites excluding steroid dienone is 1. The second kappa shape index (κ2) is 12.9. The van der Waals surface area contributed by atoms with E-state index in [4.69, 9.17) is 14.2 Å². The van der Waals surface area contributed by atoms with E-state index >= 15 is 0 Å². The number of morpholine rings is 1. The first-order chi connectivity index (χ1) is 17.7. The number of amides is 1. The van der Waals surface area contributed by atoms with Crippen molar-refractivity contribution in [1.82, 2.24) is 10.3 Å². The van der Waals surface area contributed by atoms with Gasteiger partial charge >= 0.3 is 0 Å². The third-order valence-corrected chi connectivity index (χ3v) is 5.94. The van der Waals surface area contributed by atoms with Crippen LogP contribution in [0.2, 0.25) is 0 Å². The number of carbonyl (C=O) groups is 1. The van der Waals surface area contributed by atoms with Crippen LogP contribution < -0.4 is 14.9 Å². The zero-order valence-electron chi connectivity index (χ0n) is 20.7. The van der Waals surface area contributed by atoms with Crippen molar-refractivity contribution >= 4 is 22.9 Å². The number of fused-ring (bicyclic) bond motifs is 1. The lowest BCUT2D eigenvalue weighted by molar-refractivity contribution is -0.123. The molecule has 1 amide bonds. The summed E-state index contributed by atoms with van der Waals surface area (Å²) in [6.07, 6.45) is 4.07. The normalized spacial score (nSPS) is 14.1. The Kier molecular flexibility index (Phi) is 9.08. The number of hydrazone groups is 1. The van der Waals surface area contributed by atoms with Gasteiger partial charge in [0.2, 0.25) is 0 Å². The highest BCUT2D eigenvalue weighted by atomic mass is 16.5. The summed E-state index contributed by atoms with van der Waals surface area (Å²) in [5.41, 5.74) is 5.47. The Morgan fingerprint density at radius 3 is 2.72 bits per heavy atom. The molecule has 0 aromatic heterocycles. The smallest absolute Gasteiger partial charge is 0.254 e. The monoisotopic (exact) mass is 487 g/mol. The van der Waals surface area contributed by atoms with Gasteiger partial charge in [-0.25, -0.2) is 5.43 Å². The highest BCUT2D eigenvalue weighted by molar-refractivity contribution is 5.86. The van der Waals surface area contributed by atoms with Crippen molar-refractivity contribution in [2.45, 2.75) is 20.0 Å². The van der Waals surface area contributed by atoms with Crippen LogP contribution in [-0.2, 0) is 22.6 Å². The maximum absolute atomic E-state index is 12.2. The fraction of sp³-hybridized carbons (Fsp3) is 0.310. The van der Waals surface area contributed by atoms with Crippen molar-refractivity contribution in [2.75, 3.05) is 39.5 Å². The molecular formula is C29H33N3O4. The summed E-state index contributed by atoms with van der Waals surface area (Å²) < 4.78 is 17.6. The lowest BCUT2D eigenvalue weighted by Gasteiger charge is -2.25. The largest absolute Gasteiger partial charge is 0.490 e. The van der Waals surface area contributed by atoms with Crippen LogP contribution >= 0.6 is 0 Å². The molecule has 3 aromatic rings. The minimum atomic E-state index is -0.153. The van der Waals surface area contributed by atoms with Crippen molar-refractivity contribution in [3.05, 3.63) is 83.9 Å². The highest BCUT2D eigenvalue weighted by Gasteiger charge is 2.15. The predicted molar refractivity (Wildman–Crippen MR) is 143 cm³/mol. The van der Waals surface area contributed by atoms with Gasteiger partial charge in [0.25, 0.3) is 5.91 Å². The molecule has 0 atom stereocenters. The molecular weight excluding hydrogens is 454 g/mol. The Bertz CT molecular complexity index is 1210. The molecule has 4 rings (SSSR count). The van der Waals surface area contributed by atoms with Crippen LogP contribution in [0.1, 0.15) is 23.6 Å². The van der Waals surface area contributed by atoms with E-state index in [-0.39, 0.29) is 5.91 Å². The summed E-state index contributed by atoms with van der Waals surface area (Å²) in [5, 5.41) is 6.51. The van der Waals surface area contributed by atoms with Crippen LogP contribution in [-0.4, -0.2) is 56.5 Å². The molecule has 7 nitrogen and oxygen atoms in total. The Balaban J connectivity index is 1.50. The topological polar surface area (TPSA) is 72.4 Å². The predicted octanol–water partition coefficient (Wildman–Crippen LogP) is 4.33. The van der Waals surface area contributed by atoms with Crippen LogP contribution in [0.5, 0.6) is 11.5 Å². The molecule has 0 bridgehead atoms. The summed E-state index contributed by atoms with van der Waals surface area (Å²) in [6.45, 7) is 9.85. The molecule has 1 N–H and O–H groups in total. The molecule has 1 fully saturated rings. The summed E-state index contributed by atoms with van der Waals surface area (Å²) in [5.74, 6) is 1.18. The van der Waals surface area contributed by atoms with Gasteiger partial charge in [0.05, 0.1) is 32.6 Å². The van der Waals surface area contributed by atoms with Crippen molar-refractivity contribution in [2.24, 2.45) is 5.10 Å². The second-order valence-corrected chi connectivity index (χ2v) is 8.54. The van der Waals surface area contributed by atoms with Gasteiger partial charge in [-0.3, -0.25) is 9.69 Å². The fourth-order valence-electron chi connectivity index (χ4n) is 4.24. The van der Waals surface area contributed by atoms with E-state index < -0.39 is 0 Å². The Morgan fingerprint density at radius 1 is 1.11 bits per heavy atom. The third-order valence-electron chi connectivity index (χ3n) is 5.94.